The van der Waals surface area contributed by atoms with Crippen molar-refractivity contribution >= 4 is 7.60 Å². The maximum absolute atomic E-state index is 13.4. The lowest BCUT2D eigenvalue weighted by molar-refractivity contribution is 0.204. The Morgan fingerprint density at radius 3 is 2.36 bits per heavy atom. The van der Waals surface area contributed by atoms with Gasteiger partial charge in [0.05, 0.1) is 25.5 Å². The predicted molar refractivity (Wildman–Crippen MR) is 85.4 cm³/mol. The molecule has 3 unspecified atom stereocenters. The topological polar surface area (TPSA) is 56.8 Å². The van der Waals surface area contributed by atoms with E-state index in [0.717, 1.165) is 24.3 Å². The smallest absolute Gasteiger partial charge is 0.338 e. The molecule has 1 saturated carbocycles. The van der Waals surface area contributed by atoms with Crippen LogP contribution in [0.2, 0.25) is 0 Å². The number of benzene rings is 1. The Hall–Kier alpha value is -0.870. The van der Waals surface area contributed by atoms with Crippen molar-refractivity contribution < 1.29 is 18.3 Å². The van der Waals surface area contributed by atoms with E-state index in [4.69, 9.17) is 13.8 Å². The Balaban J connectivity index is 1.93. The van der Waals surface area contributed by atoms with Crippen LogP contribution in [0.25, 0.3) is 0 Å². The average molecular weight is 325 g/mol. The van der Waals surface area contributed by atoms with Gasteiger partial charge < -0.3 is 19.1 Å². The molecule has 22 heavy (non-hydrogen) atoms. The quantitative estimate of drug-likeness (QED) is 0.779. The predicted octanol–water partition coefficient (Wildman–Crippen LogP) is 3.36. The normalized spacial score (nSPS) is 30.1. The van der Waals surface area contributed by atoms with Crippen molar-refractivity contribution in [3.63, 3.8) is 0 Å². The summed E-state index contributed by atoms with van der Waals surface area (Å²) in [4.78, 5) is 0. The Morgan fingerprint density at radius 2 is 1.86 bits per heavy atom. The Labute approximate surface area is 131 Å². The van der Waals surface area contributed by atoms with Crippen molar-refractivity contribution in [2.75, 3.05) is 26.9 Å². The molecule has 1 aromatic rings. The van der Waals surface area contributed by atoms with Crippen LogP contribution in [-0.2, 0) is 13.6 Å². The molecule has 1 aromatic carbocycles. The van der Waals surface area contributed by atoms with Gasteiger partial charge in [-0.3, -0.25) is 4.57 Å². The molecule has 1 heterocycles. The molecule has 0 amide bonds. The van der Waals surface area contributed by atoms with Crippen LogP contribution in [-0.4, -0.2) is 32.0 Å². The average Bonchev–Trinajstić information content (AvgIpc) is 3.15. The van der Waals surface area contributed by atoms with Gasteiger partial charge in [0.25, 0.3) is 0 Å². The molecule has 3 rings (SSSR count). The zero-order valence-electron chi connectivity index (χ0n) is 13.4. The molecule has 0 spiro atoms. The summed E-state index contributed by atoms with van der Waals surface area (Å²) in [6.45, 7) is 5.40. The summed E-state index contributed by atoms with van der Waals surface area (Å²) in [6, 6.07) is 7.94. The number of fused-ring (bicyclic) bond motifs is 1. The molecule has 1 aliphatic heterocycles. The number of hydrogen-bond acceptors (Lipinski definition) is 5. The largest absolute Gasteiger partial charge is 0.497 e. The number of rotatable bonds is 7. The van der Waals surface area contributed by atoms with E-state index in [9.17, 15) is 4.57 Å². The number of ether oxygens (including phenoxy) is 1. The van der Waals surface area contributed by atoms with E-state index >= 15 is 0 Å². The molecular formula is C16H24NO4P. The van der Waals surface area contributed by atoms with Gasteiger partial charge in [-0.2, -0.15) is 0 Å². The Morgan fingerprint density at radius 1 is 1.23 bits per heavy atom. The first-order chi connectivity index (χ1) is 10.6. The third kappa shape index (κ3) is 2.31. The molecule has 1 aliphatic carbocycles. The van der Waals surface area contributed by atoms with Gasteiger partial charge in [-0.1, -0.05) is 12.1 Å². The zero-order valence-corrected chi connectivity index (χ0v) is 14.3. The molecule has 5 nitrogen and oxygen atoms in total. The van der Waals surface area contributed by atoms with Crippen LogP contribution in [0.4, 0.5) is 0 Å². The lowest BCUT2D eigenvalue weighted by Gasteiger charge is -2.31. The van der Waals surface area contributed by atoms with Crippen LogP contribution in [0.1, 0.15) is 31.9 Å². The molecule has 1 N–H and O–H groups in total. The van der Waals surface area contributed by atoms with Crippen molar-refractivity contribution in [3.8, 4) is 5.75 Å². The van der Waals surface area contributed by atoms with Crippen molar-refractivity contribution in [2.45, 2.75) is 31.5 Å². The standard InChI is InChI=1S/C16H24NO4P/c1-4-20-22(18,21-5-2)16-10-13(16)11-17-15(16)12-6-8-14(19-3)9-7-12/h6-9,13,15,17H,4-5,10-11H2,1-3H3. The van der Waals surface area contributed by atoms with Crippen LogP contribution < -0.4 is 10.1 Å². The van der Waals surface area contributed by atoms with Crippen LogP contribution in [0.3, 0.4) is 0 Å². The summed E-state index contributed by atoms with van der Waals surface area (Å²) in [5.74, 6) is 1.18. The summed E-state index contributed by atoms with van der Waals surface area (Å²) >= 11 is 0. The second-order valence-electron chi connectivity index (χ2n) is 5.84. The number of hydrogen-bond donors (Lipinski definition) is 1. The van der Waals surface area contributed by atoms with Gasteiger partial charge in [-0.05, 0) is 50.4 Å². The summed E-state index contributed by atoms with van der Waals surface area (Å²) in [5, 5.41) is 3.09. The number of nitrogens with one attached hydrogen (secondary N) is 1. The van der Waals surface area contributed by atoms with E-state index in [1.807, 2.05) is 38.1 Å². The maximum Gasteiger partial charge on any atom is 0.338 e. The fourth-order valence-corrected chi connectivity index (χ4v) is 6.46. The van der Waals surface area contributed by atoms with Crippen molar-refractivity contribution in [1.82, 2.24) is 5.32 Å². The highest BCUT2D eigenvalue weighted by atomic mass is 31.2. The summed E-state index contributed by atoms with van der Waals surface area (Å²) in [6.07, 6.45) is 0.897. The van der Waals surface area contributed by atoms with Gasteiger partial charge >= 0.3 is 7.60 Å². The fourth-order valence-electron chi connectivity index (χ4n) is 3.69. The minimum Gasteiger partial charge on any atom is -0.497 e. The molecule has 6 heteroatoms. The molecule has 122 valence electrons. The van der Waals surface area contributed by atoms with Gasteiger partial charge in [0.15, 0.2) is 0 Å². The summed E-state index contributed by atoms with van der Waals surface area (Å²) in [7, 11) is -1.49. The SMILES string of the molecule is CCOP(=O)(OCC)C12CC1CNC2c1ccc(OC)cc1. The molecular weight excluding hydrogens is 301 g/mol. The van der Waals surface area contributed by atoms with Crippen LogP contribution in [0.5, 0.6) is 5.75 Å². The molecule has 1 saturated heterocycles. The molecule has 2 fully saturated rings. The van der Waals surface area contributed by atoms with Crippen molar-refractivity contribution in [3.05, 3.63) is 29.8 Å². The highest BCUT2D eigenvalue weighted by Gasteiger charge is 2.74. The molecule has 2 aliphatic rings. The third-order valence-corrected chi connectivity index (χ3v) is 7.77. The van der Waals surface area contributed by atoms with E-state index in [2.05, 4.69) is 5.32 Å². The summed E-state index contributed by atoms with van der Waals surface area (Å²) in [5.41, 5.74) is 1.11. The second kappa shape index (κ2) is 5.97. The minimum atomic E-state index is -3.14. The molecule has 0 aromatic heterocycles. The number of piperidine rings is 1. The lowest BCUT2D eigenvalue weighted by atomic mass is 10.0. The fraction of sp³-hybridized carbons (Fsp3) is 0.625. The molecule has 0 bridgehead atoms. The number of methoxy groups -OCH3 is 1. The highest BCUT2D eigenvalue weighted by Crippen LogP contribution is 2.79. The monoisotopic (exact) mass is 325 g/mol. The van der Waals surface area contributed by atoms with Gasteiger partial charge in [-0.15, -0.1) is 0 Å². The highest BCUT2D eigenvalue weighted by molar-refractivity contribution is 7.56. The van der Waals surface area contributed by atoms with E-state index in [0.29, 0.717) is 19.1 Å². The summed E-state index contributed by atoms with van der Waals surface area (Å²) < 4.78 is 29.9. The van der Waals surface area contributed by atoms with Gasteiger partial charge in [-0.25, -0.2) is 0 Å². The first-order valence-corrected chi connectivity index (χ1v) is 9.42. The van der Waals surface area contributed by atoms with E-state index in [-0.39, 0.29) is 6.04 Å². The van der Waals surface area contributed by atoms with Crippen molar-refractivity contribution in [2.24, 2.45) is 5.92 Å². The Kier molecular flexibility index (Phi) is 4.34. The van der Waals surface area contributed by atoms with Crippen LogP contribution in [0.15, 0.2) is 24.3 Å². The Bertz CT molecular complexity index is 566. The van der Waals surface area contributed by atoms with Crippen molar-refractivity contribution in [1.29, 1.82) is 0 Å². The first kappa shape index (κ1) is 16.0. The zero-order chi connectivity index (χ0) is 15.8. The van der Waals surface area contributed by atoms with Gasteiger partial charge in [0.2, 0.25) is 0 Å². The lowest BCUT2D eigenvalue weighted by Crippen LogP contribution is -2.29. The van der Waals surface area contributed by atoms with Crippen LogP contribution in [0, 0.1) is 5.92 Å². The third-order valence-electron chi connectivity index (χ3n) is 4.75. The van der Waals surface area contributed by atoms with Gasteiger partial charge in [0.1, 0.15) is 5.75 Å². The second-order valence-corrected chi connectivity index (χ2v) is 8.18. The first-order valence-electron chi connectivity index (χ1n) is 7.87. The molecule has 3 atom stereocenters. The van der Waals surface area contributed by atoms with Crippen LogP contribution >= 0.6 is 7.60 Å². The van der Waals surface area contributed by atoms with E-state index in [1.54, 1.807) is 7.11 Å². The van der Waals surface area contributed by atoms with E-state index < -0.39 is 12.8 Å². The van der Waals surface area contributed by atoms with E-state index in [1.165, 1.54) is 0 Å². The molecule has 0 radical (unpaired) electrons. The maximum atomic E-state index is 13.4. The minimum absolute atomic E-state index is 0.00680. The van der Waals surface area contributed by atoms with Gasteiger partial charge in [0, 0.05) is 6.04 Å².